The van der Waals surface area contributed by atoms with Gasteiger partial charge in [0.25, 0.3) is 0 Å². The zero-order valence-corrected chi connectivity index (χ0v) is 25.3. The number of ketones is 1. The van der Waals surface area contributed by atoms with Crippen LogP contribution in [0.2, 0.25) is 0 Å². The first kappa shape index (κ1) is 31.9. The van der Waals surface area contributed by atoms with E-state index < -0.39 is 12.0 Å². The van der Waals surface area contributed by atoms with Gasteiger partial charge in [-0.15, -0.1) is 0 Å². The van der Waals surface area contributed by atoms with Crippen LogP contribution in [0.5, 0.6) is 0 Å². The number of hydrogen-bond acceptors (Lipinski definition) is 5. The van der Waals surface area contributed by atoms with Crippen LogP contribution >= 0.6 is 0 Å². The summed E-state index contributed by atoms with van der Waals surface area (Å²) in [6.07, 6.45) is 5.85. The molecule has 3 N–H and O–H groups in total. The molecular formula is C36H40N4O4. The molecule has 8 heteroatoms. The first-order valence-electron chi connectivity index (χ1n) is 15.1. The third kappa shape index (κ3) is 8.77. The fourth-order valence-corrected chi connectivity index (χ4v) is 4.90. The molecule has 1 aromatic heterocycles. The van der Waals surface area contributed by atoms with Gasteiger partial charge in [0.1, 0.15) is 11.9 Å². The maximum atomic E-state index is 13.1. The Morgan fingerprint density at radius 2 is 1.52 bits per heavy atom. The fraction of sp³-hybridized carbons (Fsp3) is 0.278. The number of carbonyl (C=O) groups excluding carboxylic acids is 2. The van der Waals surface area contributed by atoms with Gasteiger partial charge >= 0.3 is 12.0 Å². The number of aromatic nitrogens is 1. The number of para-hydroxylation sites is 1. The molecule has 228 valence electrons. The second kappa shape index (κ2) is 16.0. The summed E-state index contributed by atoms with van der Waals surface area (Å²) in [4.78, 5) is 44.2. The molecule has 44 heavy (non-hydrogen) atoms. The molecule has 1 atom stereocenters. The summed E-state index contributed by atoms with van der Waals surface area (Å²) in [7, 11) is 1.70. The quantitative estimate of drug-likeness (QED) is 0.0994. The highest BCUT2D eigenvalue weighted by molar-refractivity contribution is 6.12. The number of nitrogens with zero attached hydrogens (tertiary/aromatic N) is 2. The van der Waals surface area contributed by atoms with E-state index in [4.69, 9.17) is 0 Å². The predicted octanol–water partition coefficient (Wildman–Crippen LogP) is 7.20. The summed E-state index contributed by atoms with van der Waals surface area (Å²) in [5.74, 6) is -0.663. The molecule has 3 aromatic carbocycles. The minimum atomic E-state index is -1.02. The molecule has 4 aromatic rings. The average Bonchev–Trinajstić information content (AvgIpc) is 3.06. The second-order valence-electron chi connectivity index (χ2n) is 10.8. The molecule has 0 aliphatic rings. The van der Waals surface area contributed by atoms with Crippen molar-refractivity contribution in [2.24, 2.45) is 0 Å². The molecule has 8 nitrogen and oxygen atoms in total. The molecule has 0 saturated carbocycles. The lowest BCUT2D eigenvalue weighted by Crippen LogP contribution is -2.38. The highest BCUT2D eigenvalue weighted by Crippen LogP contribution is 2.24. The van der Waals surface area contributed by atoms with Crippen molar-refractivity contribution in [2.75, 3.05) is 23.8 Å². The molecule has 0 bridgehead atoms. The summed E-state index contributed by atoms with van der Waals surface area (Å²) in [5, 5.41) is 16.0. The lowest BCUT2D eigenvalue weighted by Gasteiger charge is -2.19. The van der Waals surface area contributed by atoms with Gasteiger partial charge in [-0.25, -0.2) is 14.6 Å². The van der Waals surface area contributed by atoms with Gasteiger partial charge in [-0.2, -0.15) is 0 Å². The van der Waals surface area contributed by atoms with Gasteiger partial charge in [-0.3, -0.25) is 9.69 Å². The van der Waals surface area contributed by atoms with E-state index in [9.17, 15) is 19.5 Å². The number of hydrogen-bond donors (Lipinski definition) is 3. The number of carboxylic acid groups (broad SMARTS) is 1. The first-order chi connectivity index (χ1) is 21.4. The molecule has 1 unspecified atom stereocenters. The van der Waals surface area contributed by atoms with Crippen LogP contribution in [0, 0.1) is 0 Å². The van der Waals surface area contributed by atoms with E-state index in [1.165, 1.54) is 24.2 Å². The van der Waals surface area contributed by atoms with Crippen molar-refractivity contribution >= 4 is 29.3 Å². The number of urea groups is 1. The van der Waals surface area contributed by atoms with Gasteiger partial charge in [0.15, 0.2) is 5.78 Å². The lowest BCUT2D eigenvalue weighted by molar-refractivity contribution is -0.137. The van der Waals surface area contributed by atoms with E-state index in [1.54, 1.807) is 61.6 Å². The Labute approximate surface area is 259 Å². The standard InChI is InChI=1S/C36H40N4O4/c1-3-4-5-6-12-24-37-36(44)40(2)33-19-13-18-30(39-33)27-22-20-26(21-23-27)25-32(35(42)43)38-31-17-11-10-16-29(31)34(41)28-14-8-7-9-15-28/h7-11,13-23,32,38H,3-6,12,24-25H2,1-2H3,(H,37,44)(H,42,43). The third-order valence-electron chi connectivity index (χ3n) is 7.46. The van der Waals surface area contributed by atoms with Crippen molar-refractivity contribution in [3.05, 3.63) is 114 Å². The van der Waals surface area contributed by atoms with Crippen LogP contribution in [0.1, 0.15) is 60.5 Å². The highest BCUT2D eigenvalue weighted by atomic mass is 16.4. The number of unbranched alkanes of at least 4 members (excludes halogenated alkanes) is 4. The molecule has 0 radical (unpaired) electrons. The summed E-state index contributed by atoms with van der Waals surface area (Å²) >= 11 is 0. The molecule has 0 fully saturated rings. The van der Waals surface area contributed by atoms with E-state index in [-0.39, 0.29) is 18.2 Å². The minimum Gasteiger partial charge on any atom is -0.480 e. The molecule has 4 rings (SSSR count). The number of nitrogens with one attached hydrogen (secondary N) is 2. The molecule has 0 aliphatic heterocycles. The van der Waals surface area contributed by atoms with Crippen LogP contribution in [0.4, 0.5) is 16.3 Å². The number of rotatable bonds is 15. The summed E-state index contributed by atoms with van der Waals surface area (Å²) < 4.78 is 0. The number of benzene rings is 3. The largest absolute Gasteiger partial charge is 0.480 e. The van der Waals surface area contributed by atoms with Crippen molar-refractivity contribution in [1.82, 2.24) is 10.3 Å². The molecule has 2 amide bonds. The van der Waals surface area contributed by atoms with Gasteiger partial charge < -0.3 is 15.7 Å². The molecule has 0 saturated heterocycles. The zero-order valence-electron chi connectivity index (χ0n) is 25.3. The topological polar surface area (TPSA) is 112 Å². The van der Waals surface area contributed by atoms with Crippen molar-refractivity contribution in [3.8, 4) is 11.3 Å². The van der Waals surface area contributed by atoms with E-state index in [1.807, 2.05) is 42.5 Å². The average molecular weight is 593 g/mol. The van der Waals surface area contributed by atoms with Crippen LogP contribution in [0.15, 0.2) is 97.1 Å². The maximum Gasteiger partial charge on any atom is 0.326 e. The Hall–Kier alpha value is -4.98. The summed E-state index contributed by atoms with van der Waals surface area (Å²) in [6.45, 7) is 2.81. The minimum absolute atomic E-state index is 0.178. The first-order valence-corrected chi connectivity index (χ1v) is 15.1. The van der Waals surface area contributed by atoms with E-state index in [2.05, 4.69) is 22.5 Å². The number of carbonyl (C=O) groups is 3. The molecular weight excluding hydrogens is 552 g/mol. The lowest BCUT2D eigenvalue weighted by atomic mass is 9.99. The summed E-state index contributed by atoms with van der Waals surface area (Å²) in [6, 6.07) is 27.8. The van der Waals surface area contributed by atoms with Crippen LogP contribution in [0.3, 0.4) is 0 Å². The van der Waals surface area contributed by atoms with E-state index in [0.29, 0.717) is 34.9 Å². The molecule has 1 heterocycles. The number of anilines is 2. The van der Waals surface area contributed by atoms with Gasteiger partial charge in [0.05, 0.1) is 5.69 Å². The Morgan fingerprint density at radius 1 is 0.818 bits per heavy atom. The Balaban J connectivity index is 1.41. The Kier molecular flexibility index (Phi) is 11.6. The van der Waals surface area contributed by atoms with Crippen LogP contribution in [-0.4, -0.2) is 47.5 Å². The SMILES string of the molecule is CCCCCCCNC(=O)N(C)c1cccc(-c2ccc(CC(Nc3ccccc3C(=O)c3ccccc3)C(=O)O)cc2)n1. The molecule has 0 aliphatic carbocycles. The van der Waals surface area contributed by atoms with Crippen molar-refractivity contribution in [3.63, 3.8) is 0 Å². The van der Waals surface area contributed by atoms with Crippen LogP contribution in [-0.2, 0) is 11.2 Å². The third-order valence-corrected chi connectivity index (χ3v) is 7.46. The summed E-state index contributed by atoms with van der Waals surface area (Å²) in [5.41, 5.74) is 3.78. The number of pyridine rings is 1. The van der Waals surface area contributed by atoms with Gasteiger partial charge in [-0.05, 0) is 36.2 Å². The molecule has 0 spiro atoms. The normalized spacial score (nSPS) is 11.4. The van der Waals surface area contributed by atoms with Crippen molar-refractivity contribution in [1.29, 1.82) is 0 Å². The van der Waals surface area contributed by atoms with E-state index in [0.717, 1.165) is 24.0 Å². The Bertz CT molecular complexity index is 1540. The van der Waals surface area contributed by atoms with E-state index >= 15 is 0 Å². The number of carboxylic acids is 1. The van der Waals surface area contributed by atoms with Crippen molar-refractivity contribution < 1.29 is 19.5 Å². The number of aliphatic carboxylic acids is 1. The predicted molar refractivity (Wildman–Crippen MR) is 175 cm³/mol. The smallest absolute Gasteiger partial charge is 0.326 e. The fourth-order valence-electron chi connectivity index (χ4n) is 4.90. The van der Waals surface area contributed by atoms with Gasteiger partial charge in [0, 0.05) is 42.4 Å². The highest BCUT2D eigenvalue weighted by Gasteiger charge is 2.21. The zero-order chi connectivity index (χ0) is 31.3. The maximum absolute atomic E-state index is 13.1. The van der Waals surface area contributed by atoms with Gasteiger partial charge in [-0.1, -0.05) is 105 Å². The Morgan fingerprint density at radius 3 is 2.25 bits per heavy atom. The van der Waals surface area contributed by atoms with Crippen LogP contribution < -0.4 is 15.5 Å². The van der Waals surface area contributed by atoms with Crippen molar-refractivity contribution in [2.45, 2.75) is 51.5 Å². The number of amides is 2. The van der Waals surface area contributed by atoms with Crippen LogP contribution in [0.25, 0.3) is 11.3 Å². The van der Waals surface area contributed by atoms with Gasteiger partial charge in [0.2, 0.25) is 0 Å². The second-order valence-corrected chi connectivity index (χ2v) is 10.8. The monoisotopic (exact) mass is 592 g/mol.